The van der Waals surface area contributed by atoms with Gasteiger partial charge in [0.15, 0.2) is 23.0 Å². The number of carbonyl (C=O) groups is 1. The lowest BCUT2D eigenvalue weighted by Gasteiger charge is -2.32. The van der Waals surface area contributed by atoms with Crippen LogP contribution in [0.25, 0.3) is 0 Å². The third-order valence-electron chi connectivity index (χ3n) is 7.25. The third kappa shape index (κ3) is 4.53. The molecule has 0 spiro atoms. The number of methoxy groups -OCH3 is 1. The molecule has 7 nitrogen and oxygen atoms in total. The highest BCUT2D eigenvalue weighted by Crippen LogP contribution is 2.55. The van der Waals surface area contributed by atoms with Crippen molar-refractivity contribution in [2.75, 3.05) is 25.6 Å². The van der Waals surface area contributed by atoms with E-state index in [1.165, 1.54) is 13.0 Å². The van der Waals surface area contributed by atoms with E-state index in [2.05, 4.69) is 10.3 Å². The van der Waals surface area contributed by atoms with Gasteiger partial charge in [-0.2, -0.15) is 17.6 Å². The second-order valence-corrected chi connectivity index (χ2v) is 9.44. The lowest BCUT2D eigenvalue weighted by atomic mass is 9.77. The summed E-state index contributed by atoms with van der Waals surface area (Å²) in [7, 11) is 1.02. The van der Waals surface area contributed by atoms with Crippen LogP contribution < -0.4 is 15.8 Å². The number of aromatic nitrogens is 1. The van der Waals surface area contributed by atoms with E-state index in [4.69, 9.17) is 19.9 Å². The number of nitrogens with two attached hydrogens (primary N) is 1. The van der Waals surface area contributed by atoms with Gasteiger partial charge in [-0.25, -0.2) is 8.78 Å². The predicted molar refractivity (Wildman–Crippen MR) is 118 cm³/mol. The van der Waals surface area contributed by atoms with Crippen molar-refractivity contribution in [2.45, 2.75) is 49.6 Å². The van der Waals surface area contributed by atoms with Crippen LogP contribution in [0.5, 0.6) is 5.75 Å². The summed E-state index contributed by atoms with van der Waals surface area (Å²) in [4.78, 5) is 17.3. The van der Waals surface area contributed by atoms with Crippen LogP contribution in [0.2, 0.25) is 0 Å². The Bertz CT molecular complexity index is 1200. The molecule has 2 fully saturated rings. The molecule has 37 heavy (non-hydrogen) atoms. The van der Waals surface area contributed by atoms with Crippen LogP contribution in [-0.2, 0) is 19.8 Å². The molecule has 1 amide bonds. The lowest BCUT2D eigenvalue weighted by molar-refractivity contribution is -0.272. The van der Waals surface area contributed by atoms with Gasteiger partial charge in [-0.1, -0.05) is 13.0 Å². The first kappa shape index (κ1) is 27.1. The van der Waals surface area contributed by atoms with Crippen LogP contribution in [-0.4, -0.2) is 49.1 Å². The van der Waals surface area contributed by atoms with Crippen molar-refractivity contribution in [3.05, 3.63) is 53.1 Å². The summed E-state index contributed by atoms with van der Waals surface area (Å²) in [5.41, 5.74) is 1.98. The predicted octanol–water partition coefficient (Wildman–Crippen LogP) is 4.16. The third-order valence-corrected chi connectivity index (χ3v) is 7.25. The molecule has 1 aromatic carbocycles. The van der Waals surface area contributed by atoms with E-state index in [1.807, 2.05) is 0 Å². The van der Waals surface area contributed by atoms with Crippen molar-refractivity contribution >= 4 is 11.6 Å². The number of anilines is 1. The van der Waals surface area contributed by atoms with E-state index < -0.39 is 64.4 Å². The number of carbonyl (C=O) groups excluding carboxylic acids is 1. The minimum Gasteiger partial charge on any atom is -0.493 e. The number of ether oxygens (including phenoxy) is 3. The monoisotopic (exact) mass is 533 g/mol. The molecule has 2 aliphatic rings. The smallest absolute Gasteiger partial charge is 0.417 e. The maximum Gasteiger partial charge on any atom is 0.417 e. The van der Waals surface area contributed by atoms with Crippen LogP contribution in [0.1, 0.15) is 37.4 Å². The summed E-state index contributed by atoms with van der Waals surface area (Å²) in [6.07, 6.45) is -5.61. The molecule has 3 heterocycles. The molecule has 1 aromatic heterocycles. The molecule has 5 atom stereocenters. The number of benzene rings is 1. The van der Waals surface area contributed by atoms with Crippen LogP contribution in [0, 0.1) is 23.4 Å². The van der Waals surface area contributed by atoms with Gasteiger partial charge in [-0.3, -0.25) is 9.78 Å². The van der Waals surface area contributed by atoms with Crippen LogP contribution in [0.15, 0.2) is 24.4 Å². The Morgan fingerprint density at radius 2 is 1.95 bits per heavy atom. The van der Waals surface area contributed by atoms with E-state index in [0.29, 0.717) is 13.0 Å². The molecule has 2 aliphatic heterocycles. The molecule has 0 radical (unpaired) electrons. The maximum absolute atomic E-state index is 14.6. The molecule has 4 rings (SSSR count). The van der Waals surface area contributed by atoms with Crippen molar-refractivity contribution in [1.82, 2.24) is 4.98 Å². The Labute approximate surface area is 208 Å². The average molecular weight is 533 g/mol. The van der Waals surface area contributed by atoms with Gasteiger partial charge in [0.1, 0.15) is 6.10 Å². The quantitative estimate of drug-likeness (QED) is 0.561. The highest BCUT2D eigenvalue weighted by atomic mass is 19.4. The lowest BCUT2D eigenvalue weighted by Crippen LogP contribution is -2.47. The molecular formula is C24H25F6N3O4. The van der Waals surface area contributed by atoms with E-state index in [-0.39, 0.29) is 23.6 Å². The molecule has 13 heteroatoms. The molecular weight excluding hydrogens is 508 g/mol. The van der Waals surface area contributed by atoms with E-state index in [9.17, 15) is 31.1 Å². The fraction of sp³-hybridized carbons (Fsp3) is 0.500. The van der Waals surface area contributed by atoms with Gasteiger partial charge in [0.25, 0.3) is 5.91 Å². The van der Waals surface area contributed by atoms with Crippen molar-refractivity contribution in [3.8, 4) is 5.75 Å². The summed E-state index contributed by atoms with van der Waals surface area (Å²) in [5, 5.41) is 2.25. The second kappa shape index (κ2) is 9.44. The van der Waals surface area contributed by atoms with E-state index in [1.54, 1.807) is 0 Å². The first-order valence-electron chi connectivity index (χ1n) is 11.3. The number of nitrogens with one attached hydrogen (secondary N) is 1. The van der Waals surface area contributed by atoms with Crippen molar-refractivity contribution < 1.29 is 45.3 Å². The number of hydrogen-bond acceptors (Lipinski definition) is 6. The van der Waals surface area contributed by atoms with Crippen LogP contribution >= 0.6 is 0 Å². The number of pyridine rings is 1. The summed E-state index contributed by atoms with van der Waals surface area (Å²) < 4.78 is 101. The number of rotatable bonds is 5. The summed E-state index contributed by atoms with van der Waals surface area (Å²) >= 11 is 0. The topological polar surface area (TPSA) is 95.7 Å². The van der Waals surface area contributed by atoms with E-state index in [0.717, 1.165) is 32.4 Å². The fourth-order valence-electron chi connectivity index (χ4n) is 4.83. The van der Waals surface area contributed by atoms with Crippen LogP contribution in [0.3, 0.4) is 0 Å². The highest BCUT2D eigenvalue weighted by molar-refractivity contribution is 5.95. The van der Waals surface area contributed by atoms with Gasteiger partial charge >= 0.3 is 6.18 Å². The van der Waals surface area contributed by atoms with Gasteiger partial charge < -0.3 is 25.3 Å². The number of halogens is 6. The molecule has 0 unspecified atom stereocenters. The Kier molecular flexibility index (Phi) is 6.93. The molecule has 0 aliphatic carbocycles. The van der Waals surface area contributed by atoms with E-state index >= 15 is 0 Å². The van der Waals surface area contributed by atoms with Crippen molar-refractivity contribution in [2.24, 2.45) is 11.7 Å². The van der Waals surface area contributed by atoms with Crippen molar-refractivity contribution in [3.63, 3.8) is 0 Å². The Morgan fingerprint density at radius 3 is 2.54 bits per heavy atom. The molecule has 0 saturated carbocycles. The highest BCUT2D eigenvalue weighted by Gasteiger charge is 2.66. The summed E-state index contributed by atoms with van der Waals surface area (Å²) in [6, 6.07) is 2.93. The normalized spacial score (nSPS) is 29.9. The van der Waals surface area contributed by atoms with Gasteiger partial charge in [0.05, 0.1) is 36.8 Å². The molecule has 0 bridgehead atoms. The summed E-state index contributed by atoms with van der Waals surface area (Å²) in [5.74, 6) is -8.37. The number of nitrogens with zero attached hydrogens (tertiary/aromatic N) is 1. The Balaban J connectivity index is 1.75. The number of alkyl halides is 3. The summed E-state index contributed by atoms with van der Waals surface area (Å²) in [6.45, 7) is 2.38. The molecule has 2 aromatic rings. The molecule has 2 saturated heterocycles. The second-order valence-electron chi connectivity index (χ2n) is 9.44. The fourth-order valence-corrected chi connectivity index (χ4v) is 4.83. The van der Waals surface area contributed by atoms with Crippen LogP contribution in [0.4, 0.5) is 32.0 Å². The van der Waals surface area contributed by atoms with Crippen molar-refractivity contribution in [1.29, 1.82) is 0 Å². The average Bonchev–Trinajstić information content (AvgIpc) is 3.39. The number of hydrogen-bond donors (Lipinski definition) is 2. The zero-order valence-corrected chi connectivity index (χ0v) is 20.1. The Hall–Kier alpha value is -2.90. The first-order chi connectivity index (χ1) is 17.2. The van der Waals surface area contributed by atoms with Gasteiger partial charge in [0, 0.05) is 24.0 Å². The largest absolute Gasteiger partial charge is 0.493 e. The molecule has 202 valence electrons. The van der Waals surface area contributed by atoms with Gasteiger partial charge in [-0.15, -0.1) is 0 Å². The van der Waals surface area contributed by atoms with Gasteiger partial charge in [0.2, 0.25) is 5.82 Å². The van der Waals surface area contributed by atoms with Gasteiger partial charge in [-0.05, 0) is 25.5 Å². The SMILES string of the molecule is COc1c([C@H]2[C@H](C(=O)Nc3cc([C@]4(N)CCOC4)ncc3F)O[C@@](C)(C(F)(F)F)[C@H]2C)ccc(F)c1F. The minimum atomic E-state index is -4.94. The Morgan fingerprint density at radius 1 is 1.24 bits per heavy atom. The zero-order valence-electron chi connectivity index (χ0n) is 20.1. The molecule has 3 N–H and O–H groups in total. The standard InChI is InChI=1S/C24H25F6N3O4/c1-11-17(12-4-5-13(25)18(27)19(12)35-3)20(37-22(11,2)24(28,29)30)21(34)33-15-8-16(32-9-14(15)26)23(31)6-7-36-10-23/h4-5,8-9,11,17,20H,6-7,10,31H2,1-3H3,(H,32,33,34)/t11-,17-,20+,22+,23-/m0/s1. The minimum absolute atomic E-state index is 0.101. The first-order valence-corrected chi connectivity index (χ1v) is 11.3. The zero-order chi connectivity index (χ0) is 27.3. The number of amides is 1. The maximum atomic E-state index is 14.6.